The Morgan fingerprint density at radius 1 is 1.06 bits per heavy atom. The number of rotatable bonds is 7. The van der Waals surface area contributed by atoms with Crippen LogP contribution in [-0.4, -0.2) is 49.6 Å². The van der Waals surface area contributed by atoms with Gasteiger partial charge in [0.25, 0.3) is 0 Å². The van der Waals surface area contributed by atoms with Crippen LogP contribution >= 0.6 is 0 Å². The van der Waals surface area contributed by atoms with Crippen LogP contribution in [0, 0.1) is 0 Å². The Labute approximate surface area is 186 Å². The van der Waals surface area contributed by atoms with E-state index in [4.69, 9.17) is 14.2 Å². The van der Waals surface area contributed by atoms with Crippen LogP contribution < -0.4 is 14.8 Å². The van der Waals surface area contributed by atoms with E-state index in [0.717, 1.165) is 11.1 Å². The SMILES string of the molecule is COc1cc2c(cc1OC)CC(=O)N(CC(=O)Nc1ccc(C(=O)OC(C)C)cc1)C=C2. The Morgan fingerprint density at radius 2 is 1.72 bits per heavy atom. The third-order valence-corrected chi connectivity index (χ3v) is 4.80. The van der Waals surface area contributed by atoms with Gasteiger partial charge in [0.15, 0.2) is 11.5 Å². The minimum atomic E-state index is -0.425. The van der Waals surface area contributed by atoms with Gasteiger partial charge >= 0.3 is 5.97 Å². The zero-order chi connectivity index (χ0) is 23.3. The van der Waals surface area contributed by atoms with E-state index in [0.29, 0.717) is 22.7 Å². The van der Waals surface area contributed by atoms with E-state index in [1.807, 2.05) is 0 Å². The van der Waals surface area contributed by atoms with Gasteiger partial charge in [-0.1, -0.05) is 0 Å². The van der Waals surface area contributed by atoms with E-state index in [9.17, 15) is 14.4 Å². The average Bonchev–Trinajstić information content (AvgIpc) is 2.90. The lowest BCUT2D eigenvalue weighted by atomic mass is 10.0. The summed E-state index contributed by atoms with van der Waals surface area (Å²) in [5, 5.41) is 2.74. The molecule has 8 nitrogen and oxygen atoms in total. The quantitative estimate of drug-likeness (QED) is 0.667. The number of methoxy groups -OCH3 is 2. The first-order chi connectivity index (χ1) is 15.3. The molecule has 0 radical (unpaired) electrons. The van der Waals surface area contributed by atoms with E-state index >= 15 is 0 Å². The highest BCUT2D eigenvalue weighted by Crippen LogP contribution is 2.32. The van der Waals surface area contributed by atoms with Gasteiger partial charge in [-0.05, 0) is 67.4 Å². The van der Waals surface area contributed by atoms with Gasteiger partial charge in [0.1, 0.15) is 6.54 Å². The summed E-state index contributed by atoms with van der Waals surface area (Å²) in [5.41, 5.74) is 2.52. The van der Waals surface area contributed by atoms with Crippen LogP contribution in [0.4, 0.5) is 5.69 Å². The van der Waals surface area contributed by atoms with Gasteiger partial charge < -0.3 is 24.4 Å². The van der Waals surface area contributed by atoms with Crippen molar-refractivity contribution in [2.24, 2.45) is 0 Å². The predicted molar refractivity (Wildman–Crippen MR) is 120 cm³/mol. The van der Waals surface area contributed by atoms with Crippen LogP contribution in [0.15, 0.2) is 42.6 Å². The number of nitrogens with zero attached hydrogens (tertiary/aromatic N) is 1. The van der Waals surface area contributed by atoms with Crippen molar-refractivity contribution < 1.29 is 28.6 Å². The molecule has 0 saturated carbocycles. The summed E-state index contributed by atoms with van der Waals surface area (Å²) in [6.07, 6.45) is 3.27. The third kappa shape index (κ3) is 5.46. The molecule has 0 aromatic heterocycles. The first-order valence-corrected chi connectivity index (χ1v) is 10.1. The third-order valence-electron chi connectivity index (χ3n) is 4.80. The van der Waals surface area contributed by atoms with Gasteiger partial charge in [0.2, 0.25) is 11.8 Å². The maximum atomic E-state index is 12.7. The van der Waals surface area contributed by atoms with E-state index in [1.54, 1.807) is 69.6 Å². The molecule has 2 amide bonds. The molecule has 8 heteroatoms. The maximum Gasteiger partial charge on any atom is 0.338 e. The zero-order valence-corrected chi connectivity index (χ0v) is 18.5. The zero-order valence-electron chi connectivity index (χ0n) is 18.5. The molecule has 0 saturated heterocycles. The lowest BCUT2D eigenvalue weighted by molar-refractivity contribution is -0.131. The summed E-state index contributed by atoms with van der Waals surface area (Å²) < 4.78 is 15.8. The van der Waals surface area contributed by atoms with Crippen LogP contribution in [0.1, 0.15) is 35.3 Å². The van der Waals surface area contributed by atoms with Crippen molar-refractivity contribution in [3.05, 3.63) is 59.3 Å². The van der Waals surface area contributed by atoms with Gasteiger partial charge in [-0.15, -0.1) is 0 Å². The summed E-state index contributed by atoms with van der Waals surface area (Å²) in [6, 6.07) is 9.95. The van der Waals surface area contributed by atoms with Crippen LogP contribution in [0.3, 0.4) is 0 Å². The minimum absolute atomic E-state index is 0.128. The van der Waals surface area contributed by atoms with Gasteiger partial charge in [0.05, 0.1) is 32.3 Å². The fourth-order valence-electron chi connectivity index (χ4n) is 3.23. The first kappa shape index (κ1) is 22.9. The highest BCUT2D eigenvalue weighted by atomic mass is 16.5. The molecule has 1 heterocycles. The van der Waals surface area contributed by atoms with Crippen molar-refractivity contribution in [3.63, 3.8) is 0 Å². The second-order valence-electron chi connectivity index (χ2n) is 7.50. The summed E-state index contributed by atoms with van der Waals surface area (Å²) in [6.45, 7) is 3.40. The molecule has 0 bridgehead atoms. The number of amides is 2. The number of fused-ring (bicyclic) bond motifs is 1. The molecule has 2 aromatic rings. The van der Waals surface area contributed by atoms with Gasteiger partial charge in [0, 0.05) is 11.9 Å². The molecule has 2 aromatic carbocycles. The molecule has 0 atom stereocenters. The van der Waals surface area contributed by atoms with Crippen molar-refractivity contribution in [2.45, 2.75) is 26.4 Å². The number of benzene rings is 2. The molecule has 0 spiro atoms. The topological polar surface area (TPSA) is 94.2 Å². The van der Waals surface area contributed by atoms with Crippen LogP contribution in [0.25, 0.3) is 6.08 Å². The lowest BCUT2D eigenvalue weighted by Crippen LogP contribution is -2.34. The molecule has 0 aliphatic carbocycles. The molecular formula is C24H26N2O6. The average molecular weight is 438 g/mol. The number of anilines is 1. The highest BCUT2D eigenvalue weighted by Gasteiger charge is 2.21. The Hall–Kier alpha value is -3.81. The van der Waals surface area contributed by atoms with Crippen molar-refractivity contribution in [1.29, 1.82) is 0 Å². The van der Waals surface area contributed by atoms with E-state index in [2.05, 4.69) is 5.32 Å². The van der Waals surface area contributed by atoms with Crippen molar-refractivity contribution >= 4 is 29.5 Å². The van der Waals surface area contributed by atoms with E-state index in [1.165, 1.54) is 12.0 Å². The molecular weight excluding hydrogens is 412 g/mol. The number of carbonyl (C=O) groups is 3. The largest absolute Gasteiger partial charge is 0.493 e. The van der Waals surface area contributed by atoms with Crippen LogP contribution in [0.2, 0.25) is 0 Å². The Balaban J connectivity index is 1.65. The number of ether oxygens (including phenoxy) is 3. The fourth-order valence-corrected chi connectivity index (χ4v) is 3.23. The first-order valence-electron chi connectivity index (χ1n) is 10.1. The lowest BCUT2D eigenvalue weighted by Gasteiger charge is -2.17. The molecule has 1 N–H and O–H groups in total. The normalized spacial score (nSPS) is 12.8. The van der Waals surface area contributed by atoms with Crippen molar-refractivity contribution in [3.8, 4) is 11.5 Å². The standard InChI is InChI=1S/C24H26N2O6/c1-15(2)32-24(29)16-5-7-19(8-6-16)25-22(27)14-26-10-9-17-11-20(30-3)21(31-4)12-18(17)13-23(26)28/h5-12,15H,13-14H2,1-4H3,(H,25,27). The molecule has 0 unspecified atom stereocenters. The molecule has 1 aliphatic rings. The molecule has 3 rings (SSSR count). The number of nitrogens with one attached hydrogen (secondary N) is 1. The Morgan fingerprint density at radius 3 is 2.34 bits per heavy atom. The molecule has 32 heavy (non-hydrogen) atoms. The number of hydrogen-bond donors (Lipinski definition) is 1. The van der Waals surface area contributed by atoms with E-state index in [-0.39, 0.29) is 30.9 Å². The van der Waals surface area contributed by atoms with Gasteiger partial charge in [-0.25, -0.2) is 4.79 Å². The number of carbonyl (C=O) groups excluding carboxylic acids is 3. The summed E-state index contributed by atoms with van der Waals surface area (Å²) in [5.74, 6) is 0.108. The smallest absolute Gasteiger partial charge is 0.338 e. The highest BCUT2D eigenvalue weighted by molar-refractivity contribution is 5.96. The molecule has 168 valence electrons. The Kier molecular flexibility index (Phi) is 7.14. The molecule has 1 aliphatic heterocycles. The second kappa shape index (κ2) is 10.00. The summed E-state index contributed by atoms with van der Waals surface area (Å²) in [7, 11) is 3.08. The second-order valence-corrected chi connectivity index (χ2v) is 7.50. The van der Waals surface area contributed by atoms with Crippen molar-refractivity contribution in [1.82, 2.24) is 4.90 Å². The summed E-state index contributed by atoms with van der Waals surface area (Å²) >= 11 is 0. The monoisotopic (exact) mass is 438 g/mol. The number of hydrogen-bond acceptors (Lipinski definition) is 6. The van der Waals surface area contributed by atoms with Gasteiger partial charge in [-0.2, -0.15) is 0 Å². The maximum absolute atomic E-state index is 12.7. The minimum Gasteiger partial charge on any atom is -0.493 e. The Bertz CT molecular complexity index is 1040. The van der Waals surface area contributed by atoms with Crippen molar-refractivity contribution in [2.75, 3.05) is 26.1 Å². The van der Waals surface area contributed by atoms with Crippen LogP contribution in [-0.2, 0) is 20.7 Å². The molecule has 0 fully saturated rings. The predicted octanol–water partition coefficient (Wildman–Crippen LogP) is 3.26. The summed E-state index contributed by atoms with van der Waals surface area (Å²) in [4.78, 5) is 38.5. The fraction of sp³-hybridized carbons (Fsp3) is 0.292. The number of esters is 1. The van der Waals surface area contributed by atoms with E-state index < -0.39 is 5.97 Å². The van der Waals surface area contributed by atoms with Gasteiger partial charge in [-0.3, -0.25) is 9.59 Å². The van der Waals surface area contributed by atoms with Crippen LogP contribution in [0.5, 0.6) is 11.5 Å².